The number of hydrogen-bond donors (Lipinski definition) is 2. The average molecular weight is 275 g/mol. The molecule has 0 bridgehead atoms. The molecule has 1 heterocycles. The van der Waals surface area contributed by atoms with E-state index in [1.165, 1.54) is 11.3 Å². The summed E-state index contributed by atoms with van der Waals surface area (Å²) in [6.45, 7) is 5.90. The lowest BCUT2D eigenvalue weighted by atomic mass is 10.1. The van der Waals surface area contributed by atoms with E-state index in [2.05, 4.69) is 15.6 Å². The van der Waals surface area contributed by atoms with Gasteiger partial charge in [0.15, 0.2) is 5.13 Å². The highest BCUT2D eigenvalue weighted by Crippen LogP contribution is 2.22. The zero-order valence-electron chi connectivity index (χ0n) is 11.5. The van der Waals surface area contributed by atoms with Crippen LogP contribution in [0.15, 0.2) is 18.2 Å². The normalized spacial score (nSPS) is 10.3. The molecule has 0 spiro atoms. The second-order valence-corrected chi connectivity index (χ2v) is 5.60. The van der Waals surface area contributed by atoms with Crippen LogP contribution < -0.4 is 10.6 Å². The van der Waals surface area contributed by atoms with Crippen LogP contribution in [0.1, 0.15) is 26.5 Å². The first-order valence-corrected chi connectivity index (χ1v) is 6.86. The third-order valence-corrected chi connectivity index (χ3v) is 4.00. The minimum Gasteiger partial charge on any atom is -0.388 e. The number of aromatic nitrogens is 1. The van der Waals surface area contributed by atoms with E-state index in [0.717, 1.165) is 21.8 Å². The van der Waals surface area contributed by atoms with Gasteiger partial charge in [-0.05, 0) is 44.5 Å². The SMILES string of the molecule is CNc1ccc(C(=O)Nc2nc(C)c(C)s2)cc1C. The van der Waals surface area contributed by atoms with Gasteiger partial charge in [-0.2, -0.15) is 0 Å². The van der Waals surface area contributed by atoms with Crippen molar-refractivity contribution in [2.75, 3.05) is 17.7 Å². The molecule has 1 aromatic carbocycles. The Balaban J connectivity index is 2.18. The number of benzene rings is 1. The smallest absolute Gasteiger partial charge is 0.257 e. The number of carbonyl (C=O) groups excluding carboxylic acids is 1. The minimum atomic E-state index is -0.125. The first kappa shape index (κ1) is 13.5. The largest absolute Gasteiger partial charge is 0.388 e. The zero-order chi connectivity index (χ0) is 14.0. The van der Waals surface area contributed by atoms with Crippen molar-refractivity contribution in [3.63, 3.8) is 0 Å². The topological polar surface area (TPSA) is 54.0 Å². The van der Waals surface area contributed by atoms with Crippen LogP contribution >= 0.6 is 11.3 Å². The highest BCUT2D eigenvalue weighted by Gasteiger charge is 2.11. The monoisotopic (exact) mass is 275 g/mol. The first-order chi connectivity index (χ1) is 9.01. The fraction of sp³-hybridized carbons (Fsp3) is 0.286. The minimum absolute atomic E-state index is 0.125. The Bertz CT molecular complexity index is 600. The van der Waals surface area contributed by atoms with E-state index in [1.54, 1.807) is 0 Å². The van der Waals surface area contributed by atoms with Crippen molar-refractivity contribution in [1.29, 1.82) is 0 Å². The second-order valence-electron chi connectivity index (χ2n) is 4.39. The zero-order valence-corrected chi connectivity index (χ0v) is 12.3. The Morgan fingerprint density at radius 3 is 2.53 bits per heavy atom. The number of nitrogens with zero attached hydrogens (tertiary/aromatic N) is 1. The Labute approximate surface area is 116 Å². The molecule has 0 atom stereocenters. The van der Waals surface area contributed by atoms with Crippen LogP contribution in [-0.2, 0) is 0 Å². The molecular weight excluding hydrogens is 258 g/mol. The van der Waals surface area contributed by atoms with Crippen molar-refractivity contribution in [2.45, 2.75) is 20.8 Å². The first-order valence-electron chi connectivity index (χ1n) is 6.05. The standard InChI is InChI=1S/C14H17N3OS/c1-8-7-11(5-6-12(8)15-4)13(18)17-14-16-9(2)10(3)19-14/h5-7,15H,1-4H3,(H,16,17,18). The number of hydrogen-bond acceptors (Lipinski definition) is 4. The molecule has 0 aliphatic heterocycles. The van der Waals surface area contributed by atoms with Gasteiger partial charge in [-0.1, -0.05) is 0 Å². The summed E-state index contributed by atoms with van der Waals surface area (Å²) in [6, 6.07) is 5.58. The molecule has 0 fully saturated rings. The number of anilines is 2. The lowest BCUT2D eigenvalue weighted by molar-refractivity contribution is 0.102. The van der Waals surface area contributed by atoms with Crippen LogP contribution in [0.25, 0.3) is 0 Å². The number of aryl methyl sites for hydroxylation is 3. The average Bonchev–Trinajstić information content (AvgIpc) is 2.68. The maximum atomic E-state index is 12.1. The van der Waals surface area contributed by atoms with E-state index >= 15 is 0 Å². The van der Waals surface area contributed by atoms with Gasteiger partial charge in [-0.3, -0.25) is 10.1 Å². The van der Waals surface area contributed by atoms with E-state index in [0.29, 0.717) is 10.7 Å². The van der Waals surface area contributed by atoms with E-state index in [9.17, 15) is 4.79 Å². The molecule has 1 aromatic heterocycles. The molecular formula is C14H17N3OS. The summed E-state index contributed by atoms with van der Waals surface area (Å²) in [5, 5.41) is 6.56. The summed E-state index contributed by atoms with van der Waals surface area (Å²) in [6.07, 6.45) is 0. The maximum Gasteiger partial charge on any atom is 0.257 e. The Morgan fingerprint density at radius 2 is 2.00 bits per heavy atom. The van der Waals surface area contributed by atoms with Gasteiger partial charge >= 0.3 is 0 Å². The molecule has 5 heteroatoms. The molecule has 2 N–H and O–H groups in total. The van der Waals surface area contributed by atoms with E-state index < -0.39 is 0 Å². The van der Waals surface area contributed by atoms with Gasteiger partial charge in [0.25, 0.3) is 5.91 Å². The molecule has 0 aliphatic carbocycles. The summed E-state index contributed by atoms with van der Waals surface area (Å²) in [4.78, 5) is 17.5. The van der Waals surface area contributed by atoms with E-state index in [4.69, 9.17) is 0 Å². The molecule has 0 unspecified atom stereocenters. The molecule has 0 saturated heterocycles. The van der Waals surface area contributed by atoms with Crippen LogP contribution in [0.3, 0.4) is 0 Å². The van der Waals surface area contributed by atoms with Crippen molar-refractivity contribution < 1.29 is 4.79 Å². The lowest BCUT2D eigenvalue weighted by Crippen LogP contribution is -2.12. The predicted molar refractivity (Wildman–Crippen MR) is 80.3 cm³/mol. The summed E-state index contributed by atoms with van der Waals surface area (Å²) in [7, 11) is 1.86. The quantitative estimate of drug-likeness (QED) is 0.903. The van der Waals surface area contributed by atoms with Crippen molar-refractivity contribution >= 4 is 28.1 Å². The highest BCUT2D eigenvalue weighted by atomic mass is 32.1. The molecule has 2 rings (SSSR count). The lowest BCUT2D eigenvalue weighted by Gasteiger charge is -2.07. The van der Waals surface area contributed by atoms with Crippen LogP contribution in [0.4, 0.5) is 10.8 Å². The molecule has 100 valence electrons. The number of nitrogens with one attached hydrogen (secondary N) is 2. The molecule has 2 aromatic rings. The van der Waals surface area contributed by atoms with Gasteiger partial charge in [-0.15, -0.1) is 11.3 Å². The Hall–Kier alpha value is -1.88. The molecule has 19 heavy (non-hydrogen) atoms. The van der Waals surface area contributed by atoms with Gasteiger partial charge in [0.05, 0.1) is 5.69 Å². The van der Waals surface area contributed by atoms with Gasteiger partial charge in [0, 0.05) is 23.2 Å². The summed E-state index contributed by atoms with van der Waals surface area (Å²) >= 11 is 1.49. The summed E-state index contributed by atoms with van der Waals surface area (Å²) < 4.78 is 0. The van der Waals surface area contributed by atoms with Crippen LogP contribution in [0.2, 0.25) is 0 Å². The summed E-state index contributed by atoms with van der Waals surface area (Å²) in [5.74, 6) is -0.125. The van der Waals surface area contributed by atoms with Crippen LogP contribution in [-0.4, -0.2) is 17.9 Å². The Kier molecular flexibility index (Phi) is 3.85. The maximum absolute atomic E-state index is 12.1. The molecule has 0 saturated carbocycles. The molecule has 0 radical (unpaired) electrons. The third-order valence-electron chi connectivity index (χ3n) is 3.01. The molecule has 1 amide bonds. The summed E-state index contributed by atoms with van der Waals surface area (Å²) in [5.41, 5.74) is 3.67. The third kappa shape index (κ3) is 2.93. The van der Waals surface area contributed by atoms with Crippen LogP contribution in [0.5, 0.6) is 0 Å². The fourth-order valence-corrected chi connectivity index (χ4v) is 2.59. The molecule has 0 aliphatic rings. The van der Waals surface area contributed by atoms with Gasteiger partial charge in [-0.25, -0.2) is 4.98 Å². The number of rotatable bonds is 3. The van der Waals surface area contributed by atoms with Gasteiger partial charge in [0.1, 0.15) is 0 Å². The fourth-order valence-electron chi connectivity index (χ4n) is 1.78. The second kappa shape index (κ2) is 5.40. The van der Waals surface area contributed by atoms with Crippen LogP contribution in [0, 0.1) is 20.8 Å². The van der Waals surface area contributed by atoms with Crippen molar-refractivity contribution in [2.24, 2.45) is 0 Å². The van der Waals surface area contributed by atoms with Gasteiger partial charge in [0.2, 0.25) is 0 Å². The van der Waals surface area contributed by atoms with E-state index in [-0.39, 0.29) is 5.91 Å². The van der Waals surface area contributed by atoms with E-state index in [1.807, 2.05) is 46.0 Å². The predicted octanol–water partition coefficient (Wildman–Crippen LogP) is 3.36. The van der Waals surface area contributed by atoms with Crippen molar-refractivity contribution in [3.8, 4) is 0 Å². The van der Waals surface area contributed by atoms with Crippen molar-refractivity contribution in [1.82, 2.24) is 4.98 Å². The number of carbonyl (C=O) groups is 1. The number of amides is 1. The number of thiazole rings is 1. The Morgan fingerprint density at radius 1 is 1.26 bits per heavy atom. The highest BCUT2D eigenvalue weighted by molar-refractivity contribution is 7.15. The van der Waals surface area contributed by atoms with Gasteiger partial charge < -0.3 is 5.32 Å². The molecule has 4 nitrogen and oxygen atoms in total. The van der Waals surface area contributed by atoms with Crippen molar-refractivity contribution in [3.05, 3.63) is 39.9 Å².